The Hall–Kier alpha value is -6.06. The van der Waals surface area contributed by atoms with Crippen molar-refractivity contribution in [2.45, 2.75) is 0 Å². The minimum atomic E-state index is 0.856. The van der Waals surface area contributed by atoms with Gasteiger partial charge in [-0.15, -0.1) is 0 Å². The highest BCUT2D eigenvalue weighted by Gasteiger charge is 2.13. The quantitative estimate of drug-likeness (QED) is 0.196. The predicted octanol–water partition coefficient (Wildman–Crippen LogP) is 11.4. The lowest BCUT2D eigenvalue weighted by Gasteiger charge is -2.13. The van der Waals surface area contributed by atoms with Crippen LogP contribution in [0.2, 0.25) is 0 Å². The van der Waals surface area contributed by atoms with E-state index in [2.05, 4.69) is 151 Å². The van der Waals surface area contributed by atoms with Crippen LogP contribution < -0.4 is 0 Å². The molecule has 3 heterocycles. The van der Waals surface area contributed by atoms with Gasteiger partial charge in [0.1, 0.15) is 11.5 Å². The van der Waals surface area contributed by atoms with E-state index in [0.29, 0.717) is 0 Å². The van der Waals surface area contributed by atoms with Gasteiger partial charge in [0.05, 0.1) is 16.7 Å². The van der Waals surface area contributed by atoms with E-state index in [1.165, 1.54) is 27.1 Å². The van der Waals surface area contributed by atoms with Crippen LogP contribution in [-0.4, -0.2) is 9.97 Å². The van der Waals surface area contributed by atoms with Crippen molar-refractivity contribution in [2.75, 3.05) is 0 Å². The topological polar surface area (TPSA) is 38.9 Å². The van der Waals surface area contributed by atoms with Gasteiger partial charge in [-0.3, -0.25) is 4.98 Å². The largest absolute Gasteiger partial charge is 0.456 e. The molecule has 9 aromatic rings. The number of aromatic nitrogens is 2. The second kappa shape index (κ2) is 10.3. The summed E-state index contributed by atoms with van der Waals surface area (Å²) in [5.41, 5.74) is 8.38. The molecule has 0 bridgehead atoms. The third-order valence-corrected chi connectivity index (χ3v) is 8.75. The monoisotopic (exact) mass is 574 g/mol. The van der Waals surface area contributed by atoms with Crippen LogP contribution in [0.15, 0.2) is 162 Å². The summed E-state index contributed by atoms with van der Waals surface area (Å²) < 4.78 is 6.33. The molecule has 0 radical (unpaired) electrons. The molecule has 0 fully saturated rings. The highest BCUT2D eigenvalue weighted by molar-refractivity contribution is 6.07. The zero-order chi connectivity index (χ0) is 29.7. The molecular formula is C42H26N2O. The second-order valence-electron chi connectivity index (χ2n) is 11.4. The SMILES string of the molecule is c1ccc2cc(-c3ccc(-c4ccc(-c5ccc(-c6ccc7ccc8cccnc8c7n6)c6ccccc56)cc4)o3)ccc2c1. The summed E-state index contributed by atoms with van der Waals surface area (Å²) >= 11 is 0. The fraction of sp³-hybridized carbons (Fsp3) is 0. The van der Waals surface area contributed by atoms with Crippen LogP contribution in [0.5, 0.6) is 0 Å². The van der Waals surface area contributed by atoms with Gasteiger partial charge in [0.2, 0.25) is 0 Å². The minimum Gasteiger partial charge on any atom is -0.456 e. The number of fused-ring (bicyclic) bond motifs is 5. The van der Waals surface area contributed by atoms with E-state index < -0.39 is 0 Å². The zero-order valence-electron chi connectivity index (χ0n) is 24.3. The van der Waals surface area contributed by atoms with Gasteiger partial charge in [-0.05, 0) is 63.0 Å². The fourth-order valence-electron chi connectivity index (χ4n) is 6.45. The molecule has 6 aromatic carbocycles. The van der Waals surface area contributed by atoms with E-state index >= 15 is 0 Å². The van der Waals surface area contributed by atoms with Crippen molar-refractivity contribution in [3.8, 4) is 45.0 Å². The van der Waals surface area contributed by atoms with E-state index in [4.69, 9.17) is 9.40 Å². The molecule has 210 valence electrons. The van der Waals surface area contributed by atoms with Gasteiger partial charge in [-0.1, -0.05) is 121 Å². The van der Waals surface area contributed by atoms with Crippen LogP contribution in [0.3, 0.4) is 0 Å². The Balaban J connectivity index is 1.07. The van der Waals surface area contributed by atoms with Crippen molar-refractivity contribution in [1.82, 2.24) is 9.97 Å². The first-order chi connectivity index (χ1) is 22.3. The highest BCUT2D eigenvalue weighted by Crippen LogP contribution is 2.37. The molecule has 0 spiro atoms. The summed E-state index contributed by atoms with van der Waals surface area (Å²) in [7, 11) is 0. The lowest BCUT2D eigenvalue weighted by Crippen LogP contribution is -1.91. The Morgan fingerprint density at radius 1 is 0.400 bits per heavy atom. The maximum Gasteiger partial charge on any atom is 0.134 e. The van der Waals surface area contributed by atoms with Gasteiger partial charge in [-0.25, -0.2) is 4.98 Å². The normalized spacial score (nSPS) is 11.6. The molecule has 3 aromatic heterocycles. The smallest absolute Gasteiger partial charge is 0.134 e. The molecule has 0 aliphatic rings. The average molecular weight is 575 g/mol. The van der Waals surface area contributed by atoms with Crippen molar-refractivity contribution in [1.29, 1.82) is 0 Å². The Kier molecular flexibility index (Phi) is 5.82. The summed E-state index contributed by atoms with van der Waals surface area (Å²) in [6, 6.07) is 53.1. The zero-order valence-corrected chi connectivity index (χ0v) is 24.3. The number of hydrogen-bond acceptors (Lipinski definition) is 3. The van der Waals surface area contributed by atoms with Crippen LogP contribution in [0, 0.1) is 0 Å². The lowest BCUT2D eigenvalue weighted by atomic mass is 9.93. The first-order valence-corrected chi connectivity index (χ1v) is 15.1. The average Bonchev–Trinajstić information content (AvgIpc) is 3.61. The molecule has 0 amide bonds. The lowest BCUT2D eigenvalue weighted by molar-refractivity contribution is 0.597. The summed E-state index contributed by atoms with van der Waals surface area (Å²) in [6.07, 6.45) is 1.83. The van der Waals surface area contributed by atoms with Crippen molar-refractivity contribution in [3.05, 3.63) is 158 Å². The Morgan fingerprint density at radius 3 is 1.84 bits per heavy atom. The molecular weight excluding hydrogens is 548 g/mol. The fourth-order valence-corrected chi connectivity index (χ4v) is 6.45. The number of rotatable bonds is 4. The number of benzene rings is 6. The first-order valence-electron chi connectivity index (χ1n) is 15.1. The maximum absolute atomic E-state index is 6.33. The van der Waals surface area contributed by atoms with E-state index in [1.807, 2.05) is 12.3 Å². The second-order valence-corrected chi connectivity index (χ2v) is 11.4. The molecule has 45 heavy (non-hydrogen) atoms. The standard InChI is InChI=1S/C42H26N2O/c1-2-7-32-26-33(18-11-27(32)6-1)40-24-23-39(45-40)29-14-12-28(13-15-29)34-20-21-37(36-10-4-3-9-35(34)36)38-22-19-31-17-16-30-8-5-25-43-41(30)42(31)44-38/h1-26H. The minimum absolute atomic E-state index is 0.856. The third-order valence-electron chi connectivity index (χ3n) is 8.75. The summed E-state index contributed by atoms with van der Waals surface area (Å²) in [5, 5.41) is 6.98. The maximum atomic E-state index is 6.33. The molecule has 3 nitrogen and oxygen atoms in total. The first kappa shape index (κ1) is 25.4. The Bertz CT molecular complexity index is 2540. The van der Waals surface area contributed by atoms with Crippen molar-refractivity contribution >= 4 is 43.4 Å². The third kappa shape index (κ3) is 4.37. The van der Waals surface area contributed by atoms with Crippen molar-refractivity contribution < 1.29 is 4.42 Å². The van der Waals surface area contributed by atoms with Crippen LogP contribution in [0.4, 0.5) is 0 Å². The predicted molar refractivity (Wildman–Crippen MR) is 186 cm³/mol. The summed E-state index contributed by atoms with van der Waals surface area (Å²) in [5.74, 6) is 1.72. The van der Waals surface area contributed by atoms with Crippen molar-refractivity contribution in [3.63, 3.8) is 0 Å². The molecule has 9 rings (SSSR count). The number of hydrogen-bond donors (Lipinski definition) is 0. The molecule has 3 heteroatoms. The molecule has 0 aliphatic heterocycles. The van der Waals surface area contributed by atoms with Crippen LogP contribution >= 0.6 is 0 Å². The van der Waals surface area contributed by atoms with Gasteiger partial charge >= 0.3 is 0 Å². The van der Waals surface area contributed by atoms with E-state index in [-0.39, 0.29) is 0 Å². The van der Waals surface area contributed by atoms with Crippen molar-refractivity contribution in [2.24, 2.45) is 0 Å². The Morgan fingerprint density at radius 2 is 1.00 bits per heavy atom. The number of nitrogens with zero attached hydrogens (tertiary/aromatic N) is 2. The highest BCUT2D eigenvalue weighted by atomic mass is 16.3. The van der Waals surface area contributed by atoms with Gasteiger partial charge in [0.15, 0.2) is 0 Å². The van der Waals surface area contributed by atoms with Crippen LogP contribution in [0.1, 0.15) is 0 Å². The number of pyridine rings is 2. The molecule has 0 aliphatic carbocycles. The summed E-state index contributed by atoms with van der Waals surface area (Å²) in [6.45, 7) is 0. The van der Waals surface area contributed by atoms with E-state index in [9.17, 15) is 0 Å². The molecule has 0 saturated carbocycles. The van der Waals surface area contributed by atoms with Gasteiger partial charge in [0.25, 0.3) is 0 Å². The van der Waals surface area contributed by atoms with E-state index in [1.54, 1.807) is 0 Å². The molecule has 0 saturated heterocycles. The van der Waals surface area contributed by atoms with Crippen LogP contribution in [-0.2, 0) is 0 Å². The number of furan rings is 1. The van der Waals surface area contributed by atoms with E-state index in [0.717, 1.165) is 61.3 Å². The van der Waals surface area contributed by atoms with Gasteiger partial charge < -0.3 is 4.42 Å². The molecule has 0 atom stereocenters. The van der Waals surface area contributed by atoms with Crippen LogP contribution in [0.25, 0.3) is 88.4 Å². The molecule has 0 unspecified atom stereocenters. The van der Waals surface area contributed by atoms with Gasteiger partial charge in [-0.2, -0.15) is 0 Å². The molecule has 0 N–H and O–H groups in total. The van der Waals surface area contributed by atoms with Gasteiger partial charge in [0, 0.05) is 33.7 Å². The Labute approximate surface area is 260 Å². The summed E-state index contributed by atoms with van der Waals surface area (Å²) in [4.78, 5) is 9.78.